The van der Waals surface area contributed by atoms with Crippen molar-refractivity contribution < 1.29 is 17.5 Å². The van der Waals surface area contributed by atoms with Crippen LogP contribution < -0.4 is 5.73 Å². The minimum Gasteiger partial charge on any atom is -0.396 e. The predicted molar refractivity (Wildman–Crippen MR) is 70.0 cm³/mol. The number of morpholine rings is 1. The molecule has 1 heterocycles. The molecule has 0 bridgehead atoms. The lowest BCUT2D eigenvalue weighted by Gasteiger charge is -2.30. The Balaban J connectivity index is 2.45. The Bertz CT molecular complexity index is 594. The summed E-state index contributed by atoms with van der Waals surface area (Å²) in [5.41, 5.74) is 5.12. The summed E-state index contributed by atoms with van der Waals surface area (Å²) >= 11 is 5.74. The van der Waals surface area contributed by atoms with Crippen molar-refractivity contribution in [1.29, 1.82) is 0 Å². The molecule has 0 saturated carbocycles. The average molecular weight is 309 g/mol. The van der Waals surface area contributed by atoms with E-state index < -0.39 is 20.7 Å². The van der Waals surface area contributed by atoms with Crippen LogP contribution in [0.1, 0.15) is 6.92 Å². The van der Waals surface area contributed by atoms with Crippen LogP contribution in [0, 0.1) is 5.82 Å². The van der Waals surface area contributed by atoms with Gasteiger partial charge in [0.2, 0.25) is 10.0 Å². The Morgan fingerprint density at radius 1 is 1.53 bits per heavy atom. The number of nitrogens with zero attached hydrogens (tertiary/aromatic N) is 1. The van der Waals surface area contributed by atoms with Gasteiger partial charge in [0.05, 0.1) is 18.4 Å². The fraction of sp³-hybridized carbons (Fsp3) is 0.455. The Labute approximate surface area is 116 Å². The zero-order valence-corrected chi connectivity index (χ0v) is 11.8. The van der Waals surface area contributed by atoms with Gasteiger partial charge in [0.15, 0.2) is 5.82 Å². The number of ether oxygens (including phenoxy) is 1. The zero-order chi connectivity index (χ0) is 14.2. The molecular weight excluding hydrogens is 295 g/mol. The fourth-order valence-corrected chi connectivity index (χ4v) is 3.83. The second-order valence-corrected chi connectivity index (χ2v) is 6.69. The van der Waals surface area contributed by atoms with E-state index in [1.165, 1.54) is 10.4 Å². The maximum Gasteiger partial charge on any atom is 0.246 e. The quantitative estimate of drug-likeness (QED) is 0.840. The second kappa shape index (κ2) is 5.24. The first-order chi connectivity index (χ1) is 8.82. The normalized spacial score (nSPS) is 21.5. The Kier molecular flexibility index (Phi) is 4.00. The topological polar surface area (TPSA) is 72.6 Å². The van der Waals surface area contributed by atoms with Crippen molar-refractivity contribution in [2.45, 2.75) is 17.9 Å². The van der Waals surface area contributed by atoms with E-state index in [4.69, 9.17) is 22.1 Å². The van der Waals surface area contributed by atoms with Crippen LogP contribution in [0.2, 0.25) is 5.02 Å². The van der Waals surface area contributed by atoms with Crippen molar-refractivity contribution in [3.8, 4) is 0 Å². The summed E-state index contributed by atoms with van der Waals surface area (Å²) in [6.07, 6.45) is -0.233. The molecule has 1 fully saturated rings. The van der Waals surface area contributed by atoms with E-state index in [0.29, 0.717) is 0 Å². The number of benzene rings is 1. The van der Waals surface area contributed by atoms with Crippen molar-refractivity contribution in [2.24, 2.45) is 0 Å². The smallest absolute Gasteiger partial charge is 0.246 e. The summed E-state index contributed by atoms with van der Waals surface area (Å²) in [7, 11) is -3.96. The molecule has 19 heavy (non-hydrogen) atoms. The van der Waals surface area contributed by atoms with Gasteiger partial charge in [-0.3, -0.25) is 0 Å². The lowest BCUT2D eigenvalue weighted by Crippen LogP contribution is -2.44. The van der Waals surface area contributed by atoms with Crippen LogP contribution in [0.3, 0.4) is 0 Å². The number of anilines is 1. The molecule has 1 aromatic rings. The SMILES string of the molecule is CC1CN(S(=O)(=O)c2cc(Cl)cc(N)c2F)CCO1. The van der Waals surface area contributed by atoms with Gasteiger partial charge in [-0.1, -0.05) is 11.6 Å². The molecule has 0 aliphatic carbocycles. The first-order valence-electron chi connectivity index (χ1n) is 5.68. The van der Waals surface area contributed by atoms with E-state index in [1.807, 2.05) is 0 Å². The number of halogens is 2. The third-order valence-electron chi connectivity index (χ3n) is 2.85. The predicted octanol–water partition coefficient (Wildman–Crippen LogP) is 1.47. The highest BCUT2D eigenvalue weighted by Gasteiger charge is 2.32. The highest BCUT2D eigenvalue weighted by Crippen LogP contribution is 2.28. The van der Waals surface area contributed by atoms with Crippen molar-refractivity contribution >= 4 is 27.3 Å². The first-order valence-corrected chi connectivity index (χ1v) is 7.50. The molecule has 5 nitrogen and oxygen atoms in total. The van der Waals surface area contributed by atoms with E-state index in [2.05, 4.69) is 0 Å². The minimum atomic E-state index is -3.96. The van der Waals surface area contributed by atoms with Gasteiger partial charge in [-0.25, -0.2) is 12.8 Å². The molecule has 1 aliphatic rings. The van der Waals surface area contributed by atoms with Gasteiger partial charge < -0.3 is 10.5 Å². The maximum atomic E-state index is 13.9. The van der Waals surface area contributed by atoms with Crippen LogP contribution >= 0.6 is 11.6 Å². The third-order valence-corrected chi connectivity index (χ3v) is 4.94. The monoisotopic (exact) mass is 308 g/mol. The highest BCUT2D eigenvalue weighted by atomic mass is 35.5. The number of nitrogen functional groups attached to an aromatic ring is 1. The van der Waals surface area contributed by atoms with E-state index in [1.54, 1.807) is 6.92 Å². The summed E-state index contributed by atoms with van der Waals surface area (Å²) in [6, 6.07) is 2.25. The van der Waals surface area contributed by atoms with Crippen molar-refractivity contribution in [1.82, 2.24) is 4.31 Å². The lowest BCUT2D eigenvalue weighted by molar-refractivity contribution is 0.0101. The van der Waals surface area contributed by atoms with Gasteiger partial charge in [-0.2, -0.15) is 4.31 Å². The molecule has 1 unspecified atom stereocenters. The molecular formula is C11H14ClFN2O3S. The van der Waals surface area contributed by atoms with Crippen molar-refractivity contribution in [3.63, 3.8) is 0 Å². The lowest BCUT2D eigenvalue weighted by atomic mass is 10.3. The summed E-state index contributed by atoms with van der Waals surface area (Å²) < 4.78 is 45.1. The van der Waals surface area contributed by atoms with Gasteiger partial charge >= 0.3 is 0 Å². The van der Waals surface area contributed by atoms with Crippen LogP contribution in [-0.4, -0.2) is 38.5 Å². The molecule has 2 rings (SSSR count). The molecule has 0 amide bonds. The average Bonchev–Trinajstić information content (AvgIpc) is 2.33. The van der Waals surface area contributed by atoms with Crippen LogP contribution in [-0.2, 0) is 14.8 Å². The molecule has 1 aliphatic heterocycles. The summed E-state index contributed by atoms with van der Waals surface area (Å²) in [5, 5.41) is 0.0822. The Morgan fingerprint density at radius 3 is 2.84 bits per heavy atom. The molecule has 1 aromatic carbocycles. The molecule has 2 N–H and O–H groups in total. The number of hydrogen-bond donors (Lipinski definition) is 1. The van der Waals surface area contributed by atoms with E-state index >= 15 is 0 Å². The van der Waals surface area contributed by atoms with Gasteiger partial charge in [-0.05, 0) is 19.1 Å². The van der Waals surface area contributed by atoms with Crippen LogP contribution in [0.5, 0.6) is 0 Å². The summed E-state index contributed by atoms with van der Waals surface area (Å²) in [4.78, 5) is -0.494. The molecule has 0 spiro atoms. The molecule has 1 atom stereocenters. The Morgan fingerprint density at radius 2 is 2.21 bits per heavy atom. The van der Waals surface area contributed by atoms with E-state index in [0.717, 1.165) is 6.07 Å². The number of rotatable bonds is 2. The molecule has 106 valence electrons. The molecule has 1 saturated heterocycles. The fourth-order valence-electron chi connectivity index (χ4n) is 1.92. The number of nitrogens with two attached hydrogens (primary N) is 1. The number of hydrogen-bond acceptors (Lipinski definition) is 4. The van der Waals surface area contributed by atoms with Crippen LogP contribution in [0.15, 0.2) is 17.0 Å². The summed E-state index contributed by atoms with van der Waals surface area (Å²) in [5.74, 6) is -0.969. The molecule has 8 heteroatoms. The summed E-state index contributed by atoms with van der Waals surface area (Å²) in [6.45, 7) is 2.38. The minimum absolute atomic E-state index is 0.0822. The highest BCUT2D eigenvalue weighted by molar-refractivity contribution is 7.89. The van der Waals surface area contributed by atoms with Gasteiger partial charge in [0.25, 0.3) is 0 Å². The van der Waals surface area contributed by atoms with Gasteiger partial charge in [0.1, 0.15) is 4.90 Å². The zero-order valence-electron chi connectivity index (χ0n) is 10.3. The number of sulfonamides is 1. The van der Waals surface area contributed by atoms with Crippen molar-refractivity contribution in [3.05, 3.63) is 23.0 Å². The van der Waals surface area contributed by atoms with Crippen molar-refractivity contribution in [2.75, 3.05) is 25.4 Å². The van der Waals surface area contributed by atoms with Gasteiger partial charge in [-0.15, -0.1) is 0 Å². The largest absolute Gasteiger partial charge is 0.396 e. The third kappa shape index (κ3) is 2.84. The first kappa shape index (κ1) is 14.5. The van der Waals surface area contributed by atoms with Crippen LogP contribution in [0.4, 0.5) is 10.1 Å². The standard InChI is InChI=1S/C11H14ClFN2O3S/c1-7-6-15(2-3-18-7)19(16,17)10-5-8(12)4-9(14)11(10)13/h4-5,7H,2-3,6,14H2,1H3. The van der Waals surface area contributed by atoms with E-state index in [-0.39, 0.29) is 36.5 Å². The van der Waals surface area contributed by atoms with Gasteiger partial charge in [0, 0.05) is 18.1 Å². The van der Waals surface area contributed by atoms with E-state index in [9.17, 15) is 12.8 Å². The molecule has 0 aromatic heterocycles. The Hall–Kier alpha value is -0.890. The molecule has 0 radical (unpaired) electrons. The maximum absolute atomic E-state index is 13.9. The van der Waals surface area contributed by atoms with Crippen LogP contribution in [0.25, 0.3) is 0 Å². The second-order valence-electron chi connectivity index (χ2n) is 4.35.